The summed E-state index contributed by atoms with van der Waals surface area (Å²) in [5.74, 6) is 1.73. The van der Waals surface area contributed by atoms with E-state index in [-0.39, 0.29) is 8.85 Å². The highest BCUT2D eigenvalue weighted by Crippen LogP contribution is 2.24. The maximum absolute atomic E-state index is 10.7. The van der Waals surface area contributed by atoms with Gasteiger partial charge in [-0.3, -0.25) is 4.21 Å². The maximum atomic E-state index is 10.7. The Kier molecular flexibility index (Phi) is 4.96. The van der Waals surface area contributed by atoms with Crippen molar-refractivity contribution in [2.45, 2.75) is 33.1 Å². The van der Waals surface area contributed by atoms with Crippen molar-refractivity contribution in [2.75, 3.05) is 12.0 Å². The van der Waals surface area contributed by atoms with Crippen molar-refractivity contribution in [3.63, 3.8) is 0 Å². The summed E-state index contributed by atoms with van der Waals surface area (Å²) in [5, 5.41) is 0. The fourth-order valence-corrected chi connectivity index (χ4v) is 2.51. The van der Waals surface area contributed by atoms with Crippen LogP contribution in [0.4, 0.5) is 0 Å². The highest BCUT2D eigenvalue weighted by Gasteiger charge is 2.15. The van der Waals surface area contributed by atoms with Crippen molar-refractivity contribution in [1.82, 2.24) is 0 Å². The van der Waals surface area contributed by atoms with Crippen LogP contribution in [0.3, 0.4) is 0 Å². The summed E-state index contributed by atoms with van der Waals surface area (Å²) in [6.07, 6.45) is 7.17. The molecule has 0 aromatic carbocycles. The Bertz CT molecular complexity index is 111. The van der Waals surface area contributed by atoms with Gasteiger partial charge in [0.2, 0.25) is 0 Å². The predicted molar refractivity (Wildman–Crippen MR) is 49.7 cm³/mol. The molecule has 0 aromatic heterocycles. The van der Waals surface area contributed by atoms with Crippen LogP contribution in [0.25, 0.3) is 0 Å². The van der Waals surface area contributed by atoms with E-state index in [1.807, 2.05) is 0 Å². The average Bonchev–Trinajstić information content (AvgIpc) is 2.15. The van der Waals surface area contributed by atoms with Crippen LogP contribution in [0.15, 0.2) is 0 Å². The standard InChI is InChI=1S/C7H14OS.CH4.H2/c1-9(8)6-7-4-2-3-5-7;;/h7H,2-6H2,1H3;1H4;1H. The van der Waals surface area contributed by atoms with Crippen LogP contribution >= 0.6 is 0 Å². The third kappa shape index (κ3) is 3.35. The smallest absolute Gasteiger partial charge is 0.0260 e. The van der Waals surface area contributed by atoms with E-state index in [9.17, 15) is 4.21 Å². The Labute approximate surface area is 68.2 Å². The molecule has 0 spiro atoms. The summed E-state index contributed by atoms with van der Waals surface area (Å²) in [6, 6.07) is 0. The van der Waals surface area contributed by atoms with Gasteiger partial charge in [-0.2, -0.15) is 0 Å². The molecular weight excluding hydrogens is 144 g/mol. The molecule has 0 N–H and O–H groups in total. The molecule has 0 radical (unpaired) electrons. The quantitative estimate of drug-likeness (QED) is 0.612. The van der Waals surface area contributed by atoms with Crippen LogP contribution in [0.5, 0.6) is 0 Å². The summed E-state index contributed by atoms with van der Waals surface area (Å²) in [4.78, 5) is 0. The number of rotatable bonds is 2. The molecule has 0 aromatic rings. The second kappa shape index (κ2) is 4.89. The molecule has 1 atom stereocenters. The molecule has 1 rings (SSSR count). The second-order valence-electron chi connectivity index (χ2n) is 2.89. The van der Waals surface area contributed by atoms with Gasteiger partial charge >= 0.3 is 0 Å². The molecule has 10 heavy (non-hydrogen) atoms. The molecule has 2 heteroatoms. The summed E-state index contributed by atoms with van der Waals surface area (Å²) in [7, 11) is -0.555. The molecule has 0 amide bonds. The molecule has 0 heterocycles. The first-order chi connectivity index (χ1) is 4.29. The van der Waals surface area contributed by atoms with E-state index in [0.717, 1.165) is 11.7 Å². The summed E-state index contributed by atoms with van der Waals surface area (Å²) >= 11 is 0. The lowest BCUT2D eigenvalue weighted by Gasteiger charge is -2.03. The fourth-order valence-electron chi connectivity index (χ4n) is 1.51. The first-order valence-electron chi connectivity index (χ1n) is 3.59. The van der Waals surface area contributed by atoms with Gasteiger partial charge in [-0.05, 0) is 18.8 Å². The van der Waals surface area contributed by atoms with E-state index >= 15 is 0 Å². The summed E-state index contributed by atoms with van der Waals surface area (Å²) in [5.41, 5.74) is 0. The average molecular weight is 164 g/mol. The maximum Gasteiger partial charge on any atom is 0.0260 e. The molecule has 1 nitrogen and oxygen atoms in total. The van der Waals surface area contributed by atoms with Gasteiger partial charge in [-0.15, -0.1) is 0 Å². The zero-order valence-electron chi connectivity index (χ0n) is 5.93. The van der Waals surface area contributed by atoms with Crippen molar-refractivity contribution in [3.05, 3.63) is 0 Å². The van der Waals surface area contributed by atoms with Gasteiger partial charge in [0.05, 0.1) is 0 Å². The summed E-state index contributed by atoms with van der Waals surface area (Å²) < 4.78 is 10.7. The van der Waals surface area contributed by atoms with Gasteiger partial charge in [0.1, 0.15) is 0 Å². The molecule has 1 fully saturated rings. The molecule has 0 bridgehead atoms. The first-order valence-corrected chi connectivity index (χ1v) is 5.32. The van der Waals surface area contributed by atoms with Crippen LogP contribution in [0.2, 0.25) is 0 Å². The van der Waals surface area contributed by atoms with Crippen molar-refractivity contribution in [3.8, 4) is 0 Å². The van der Waals surface area contributed by atoms with E-state index in [4.69, 9.17) is 0 Å². The fraction of sp³-hybridized carbons (Fsp3) is 1.00. The van der Waals surface area contributed by atoms with Crippen LogP contribution < -0.4 is 0 Å². The molecular formula is C8H20OS. The van der Waals surface area contributed by atoms with Gasteiger partial charge in [0, 0.05) is 24.2 Å². The highest BCUT2D eigenvalue weighted by molar-refractivity contribution is 7.84. The zero-order valence-corrected chi connectivity index (χ0v) is 6.75. The van der Waals surface area contributed by atoms with Crippen molar-refractivity contribution < 1.29 is 5.64 Å². The number of hydrogen-bond donors (Lipinski definition) is 0. The largest absolute Gasteiger partial charge is 0.260 e. The monoisotopic (exact) mass is 164 g/mol. The summed E-state index contributed by atoms with van der Waals surface area (Å²) in [6.45, 7) is 0. The van der Waals surface area contributed by atoms with Gasteiger partial charge in [0.15, 0.2) is 0 Å². The third-order valence-corrected chi connectivity index (χ3v) is 2.89. The van der Waals surface area contributed by atoms with E-state index in [1.165, 1.54) is 25.7 Å². The van der Waals surface area contributed by atoms with E-state index in [0.29, 0.717) is 0 Å². The van der Waals surface area contributed by atoms with Crippen molar-refractivity contribution in [1.29, 1.82) is 0 Å². The molecule has 64 valence electrons. The minimum absolute atomic E-state index is 0. The van der Waals surface area contributed by atoms with Crippen LogP contribution in [-0.4, -0.2) is 16.2 Å². The van der Waals surface area contributed by atoms with Crippen LogP contribution in [0.1, 0.15) is 34.5 Å². The Morgan fingerprint density at radius 1 is 1.50 bits per heavy atom. The minimum Gasteiger partial charge on any atom is -0.260 e. The topological polar surface area (TPSA) is 17.1 Å². The lowest BCUT2D eigenvalue weighted by molar-refractivity contribution is 0.606. The normalized spacial score (nSPS) is 22.1. The van der Waals surface area contributed by atoms with Gasteiger partial charge < -0.3 is 0 Å². The van der Waals surface area contributed by atoms with Gasteiger partial charge in [0.25, 0.3) is 0 Å². The second-order valence-corrected chi connectivity index (χ2v) is 4.37. The molecule has 1 saturated carbocycles. The lowest BCUT2D eigenvalue weighted by atomic mass is 10.1. The van der Waals surface area contributed by atoms with Crippen molar-refractivity contribution in [2.24, 2.45) is 5.92 Å². The Morgan fingerprint density at radius 2 is 2.00 bits per heavy atom. The van der Waals surface area contributed by atoms with Crippen LogP contribution in [0, 0.1) is 5.92 Å². The van der Waals surface area contributed by atoms with E-state index < -0.39 is 10.8 Å². The van der Waals surface area contributed by atoms with Crippen molar-refractivity contribution >= 4 is 10.8 Å². The van der Waals surface area contributed by atoms with Crippen LogP contribution in [-0.2, 0) is 10.8 Å². The predicted octanol–water partition coefficient (Wildman–Crippen LogP) is 2.44. The Morgan fingerprint density at radius 3 is 2.40 bits per heavy atom. The van der Waals surface area contributed by atoms with Gasteiger partial charge in [-0.1, -0.05) is 20.3 Å². The Balaban J connectivity index is 0. The molecule has 1 unspecified atom stereocenters. The lowest BCUT2D eigenvalue weighted by Crippen LogP contribution is -2.05. The minimum atomic E-state index is -0.555. The third-order valence-electron chi connectivity index (χ3n) is 1.95. The van der Waals surface area contributed by atoms with E-state index in [1.54, 1.807) is 6.26 Å². The van der Waals surface area contributed by atoms with E-state index in [2.05, 4.69) is 0 Å². The SMILES string of the molecule is C.CS(=O)CC1CCCC1.[HH]. The highest BCUT2D eigenvalue weighted by atomic mass is 32.2. The molecule has 1 aliphatic carbocycles. The molecule has 1 aliphatic rings. The first kappa shape index (κ1) is 10.2. The number of hydrogen-bond acceptors (Lipinski definition) is 1. The molecule has 0 aliphatic heterocycles. The zero-order chi connectivity index (χ0) is 6.69. The Hall–Kier alpha value is 0.150. The van der Waals surface area contributed by atoms with Gasteiger partial charge in [-0.25, -0.2) is 0 Å². The molecule has 0 saturated heterocycles.